The number of carboxylic acid groups (broad SMARTS) is 1. The van der Waals surface area contributed by atoms with Crippen molar-refractivity contribution in [1.82, 2.24) is 4.98 Å². The maximum absolute atomic E-state index is 10.8. The second-order valence-electron chi connectivity index (χ2n) is 6.20. The third kappa shape index (κ3) is 3.49. The number of rotatable bonds is 5. The first-order valence-corrected chi connectivity index (χ1v) is 8.39. The van der Waals surface area contributed by atoms with Crippen molar-refractivity contribution < 1.29 is 14.6 Å². The summed E-state index contributed by atoms with van der Waals surface area (Å²) in [6.07, 6.45) is 0.0296. The fourth-order valence-corrected chi connectivity index (χ4v) is 2.99. The molecule has 1 aromatic heterocycles. The molecule has 0 aliphatic rings. The number of ether oxygens (including phenoxy) is 1. The first kappa shape index (κ1) is 16.1. The maximum Gasteiger partial charge on any atom is 0.307 e. The number of aliphatic carboxylic acids is 1. The van der Waals surface area contributed by atoms with Crippen LogP contribution in [0.25, 0.3) is 21.7 Å². The predicted molar refractivity (Wildman–Crippen MR) is 101 cm³/mol. The van der Waals surface area contributed by atoms with E-state index in [2.05, 4.69) is 4.98 Å². The van der Waals surface area contributed by atoms with E-state index in [1.807, 2.05) is 72.8 Å². The Kier molecular flexibility index (Phi) is 4.23. The molecule has 0 saturated heterocycles. The summed E-state index contributed by atoms with van der Waals surface area (Å²) in [5, 5.41) is 12.0. The molecule has 0 saturated carbocycles. The molecule has 0 spiro atoms. The van der Waals surface area contributed by atoms with E-state index in [1.54, 1.807) is 0 Å². The van der Waals surface area contributed by atoms with Gasteiger partial charge in [-0.25, -0.2) is 4.98 Å². The zero-order valence-electron chi connectivity index (χ0n) is 14.1. The minimum Gasteiger partial charge on any atom is -0.487 e. The lowest BCUT2D eigenvalue weighted by atomic mass is 10.0. The number of para-hydroxylation sites is 1. The highest BCUT2D eigenvalue weighted by molar-refractivity contribution is 5.85. The van der Waals surface area contributed by atoms with Crippen LogP contribution in [-0.4, -0.2) is 16.1 Å². The van der Waals surface area contributed by atoms with Crippen molar-refractivity contribution in [3.05, 3.63) is 84.1 Å². The van der Waals surface area contributed by atoms with Crippen molar-refractivity contribution in [1.29, 1.82) is 0 Å². The van der Waals surface area contributed by atoms with Crippen LogP contribution in [0.1, 0.15) is 11.3 Å². The molecule has 128 valence electrons. The van der Waals surface area contributed by atoms with Gasteiger partial charge in [0.15, 0.2) is 0 Å². The zero-order valence-corrected chi connectivity index (χ0v) is 14.1. The average Bonchev–Trinajstić information content (AvgIpc) is 2.65. The Hall–Kier alpha value is -3.40. The monoisotopic (exact) mass is 343 g/mol. The number of nitrogens with zero attached hydrogens (tertiary/aromatic N) is 1. The van der Waals surface area contributed by atoms with Crippen LogP contribution in [0.4, 0.5) is 0 Å². The van der Waals surface area contributed by atoms with E-state index in [-0.39, 0.29) is 6.42 Å². The number of carbonyl (C=O) groups is 1. The van der Waals surface area contributed by atoms with E-state index < -0.39 is 5.97 Å². The van der Waals surface area contributed by atoms with E-state index in [0.29, 0.717) is 6.61 Å². The third-order valence-electron chi connectivity index (χ3n) is 4.27. The van der Waals surface area contributed by atoms with Gasteiger partial charge in [-0.3, -0.25) is 4.79 Å². The number of carboxylic acids is 1. The lowest BCUT2D eigenvalue weighted by Gasteiger charge is -2.08. The van der Waals surface area contributed by atoms with Gasteiger partial charge in [-0.05, 0) is 40.6 Å². The quantitative estimate of drug-likeness (QED) is 0.575. The standard InChI is InChI=1S/C22H17NO3/c24-22(25)12-15-5-6-18-13-20(10-8-17(18)11-15)26-14-19-9-7-16-3-1-2-4-21(16)23-19/h1-11,13H,12,14H2,(H,24,25). The van der Waals surface area contributed by atoms with Crippen LogP contribution in [0.5, 0.6) is 5.75 Å². The molecule has 0 fully saturated rings. The summed E-state index contributed by atoms with van der Waals surface area (Å²) in [5.74, 6) is -0.0642. The van der Waals surface area contributed by atoms with Crippen LogP contribution in [-0.2, 0) is 17.8 Å². The fourth-order valence-electron chi connectivity index (χ4n) is 2.99. The van der Waals surface area contributed by atoms with Gasteiger partial charge in [0.2, 0.25) is 0 Å². The van der Waals surface area contributed by atoms with Crippen LogP contribution in [0.3, 0.4) is 0 Å². The number of pyridine rings is 1. The Morgan fingerprint density at radius 1 is 0.885 bits per heavy atom. The fraction of sp³-hybridized carbons (Fsp3) is 0.0909. The molecule has 4 heteroatoms. The van der Waals surface area contributed by atoms with Crippen LogP contribution in [0, 0.1) is 0 Å². The first-order valence-electron chi connectivity index (χ1n) is 8.39. The number of aromatic nitrogens is 1. The van der Waals surface area contributed by atoms with Crippen molar-refractivity contribution in [2.75, 3.05) is 0 Å². The van der Waals surface area contributed by atoms with Gasteiger partial charge < -0.3 is 9.84 Å². The summed E-state index contributed by atoms with van der Waals surface area (Å²) < 4.78 is 5.89. The highest BCUT2D eigenvalue weighted by atomic mass is 16.5. The van der Waals surface area contributed by atoms with E-state index >= 15 is 0 Å². The van der Waals surface area contributed by atoms with Crippen LogP contribution in [0.2, 0.25) is 0 Å². The van der Waals surface area contributed by atoms with Gasteiger partial charge in [0, 0.05) is 5.39 Å². The van der Waals surface area contributed by atoms with Crippen molar-refractivity contribution >= 4 is 27.6 Å². The molecule has 4 rings (SSSR count). The van der Waals surface area contributed by atoms with Gasteiger partial charge in [-0.15, -0.1) is 0 Å². The van der Waals surface area contributed by atoms with E-state index in [0.717, 1.165) is 38.7 Å². The molecule has 1 heterocycles. The molecule has 0 aliphatic heterocycles. The van der Waals surface area contributed by atoms with Crippen LogP contribution < -0.4 is 4.74 Å². The minimum atomic E-state index is -0.827. The molecule has 0 bridgehead atoms. The Morgan fingerprint density at radius 2 is 1.65 bits per heavy atom. The average molecular weight is 343 g/mol. The van der Waals surface area contributed by atoms with Gasteiger partial charge in [0.1, 0.15) is 12.4 Å². The third-order valence-corrected chi connectivity index (χ3v) is 4.27. The summed E-state index contributed by atoms with van der Waals surface area (Å²) in [5.41, 5.74) is 2.62. The zero-order chi connectivity index (χ0) is 17.9. The lowest BCUT2D eigenvalue weighted by molar-refractivity contribution is -0.136. The number of hydrogen-bond donors (Lipinski definition) is 1. The molecule has 4 aromatic rings. The van der Waals surface area contributed by atoms with Crippen molar-refractivity contribution in [2.24, 2.45) is 0 Å². The summed E-state index contributed by atoms with van der Waals surface area (Å²) in [6.45, 7) is 0.396. The smallest absolute Gasteiger partial charge is 0.307 e. The molecular formula is C22H17NO3. The molecule has 4 nitrogen and oxygen atoms in total. The molecular weight excluding hydrogens is 326 g/mol. The van der Waals surface area contributed by atoms with Crippen molar-refractivity contribution in [2.45, 2.75) is 13.0 Å². The molecule has 1 N–H and O–H groups in total. The van der Waals surface area contributed by atoms with Gasteiger partial charge in [0.25, 0.3) is 0 Å². The summed E-state index contributed by atoms with van der Waals surface area (Å²) in [6, 6.07) is 23.5. The second kappa shape index (κ2) is 6.84. The predicted octanol–water partition coefficient (Wildman–Crippen LogP) is 4.59. The topological polar surface area (TPSA) is 59.4 Å². The lowest BCUT2D eigenvalue weighted by Crippen LogP contribution is -2.00. The number of benzene rings is 3. The molecule has 26 heavy (non-hydrogen) atoms. The Labute approximate surface area is 150 Å². The largest absolute Gasteiger partial charge is 0.487 e. The molecule has 0 amide bonds. The van der Waals surface area contributed by atoms with Crippen LogP contribution >= 0.6 is 0 Å². The van der Waals surface area contributed by atoms with Crippen LogP contribution in [0.15, 0.2) is 72.8 Å². The summed E-state index contributed by atoms with van der Waals surface area (Å²) >= 11 is 0. The highest BCUT2D eigenvalue weighted by Gasteiger charge is 2.04. The number of fused-ring (bicyclic) bond motifs is 2. The highest BCUT2D eigenvalue weighted by Crippen LogP contribution is 2.23. The SMILES string of the molecule is O=C(O)Cc1ccc2cc(OCc3ccc4ccccc4n3)ccc2c1. The molecule has 0 atom stereocenters. The Bertz CT molecular complexity index is 1100. The molecule has 0 unspecified atom stereocenters. The van der Waals surface area contributed by atoms with Gasteiger partial charge in [0.05, 0.1) is 17.6 Å². The molecule has 3 aromatic carbocycles. The van der Waals surface area contributed by atoms with Gasteiger partial charge in [-0.1, -0.05) is 48.5 Å². The van der Waals surface area contributed by atoms with E-state index in [1.165, 1.54) is 0 Å². The summed E-state index contributed by atoms with van der Waals surface area (Å²) in [4.78, 5) is 15.4. The van der Waals surface area contributed by atoms with E-state index in [4.69, 9.17) is 9.84 Å². The van der Waals surface area contributed by atoms with Gasteiger partial charge >= 0.3 is 5.97 Å². The molecule has 0 radical (unpaired) electrons. The first-order chi connectivity index (χ1) is 12.7. The second-order valence-corrected chi connectivity index (χ2v) is 6.20. The van der Waals surface area contributed by atoms with Crippen molar-refractivity contribution in [3.63, 3.8) is 0 Å². The number of hydrogen-bond acceptors (Lipinski definition) is 3. The van der Waals surface area contributed by atoms with Gasteiger partial charge in [-0.2, -0.15) is 0 Å². The maximum atomic E-state index is 10.8. The Balaban J connectivity index is 1.52. The summed E-state index contributed by atoms with van der Waals surface area (Å²) in [7, 11) is 0. The van der Waals surface area contributed by atoms with Crippen molar-refractivity contribution in [3.8, 4) is 5.75 Å². The Morgan fingerprint density at radius 3 is 2.54 bits per heavy atom. The van der Waals surface area contributed by atoms with E-state index in [9.17, 15) is 4.79 Å². The normalized spacial score (nSPS) is 10.9. The minimum absolute atomic E-state index is 0.0296. The molecule has 0 aliphatic carbocycles.